The second kappa shape index (κ2) is 5.45. The van der Waals surface area contributed by atoms with Crippen molar-refractivity contribution in [3.05, 3.63) is 40.4 Å². The van der Waals surface area contributed by atoms with Gasteiger partial charge in [-0.3, -0.25) is 0 Å². The predicted molar refractivity (Wildman–Crippen MR) is 77.9 cm³/mol. The number of benzene rings is 2. The summed E-state index contributed by atoms with van der Waals surface area (Å²) >= 11 is 9.46. The Balaban J connectivity index is 2.93. The summed E-state index contributed by atoms with van der Waals surface area (Å²) in [5.41, 5.74) is -0.138. The Kier molecular flexibility index (Phi) is 4.21. The van der Waals surface area contributed by atoms with Crippen molar-refractivity contribution in [2.75, 3.05) is 7.11 Å². The molecule has 20 heavy (non-hydrogen) atoms. The molecule has 0 bridgehead atoms. The summed E-state index contributed by atoms with van der Waals surface area (Å²) in [6.07, 6.45) is -4.49. The molecular weight excluding hydrogens is 357 g/mol. The Morgan fingerprint density at radius 1 is 1.15 bits per heavy atom. The first kappa shape index (κ1) is 15.4. The van der Waals surface area contributed by atoms with Crippen LogP contribution in [-0.4, -0.2) is 7.11 Å². The standard InChI is InChI=1S/C14H11BrClF3O/c1-7(15)12-8-4-6-11(20-2)13(14(17,18)19)9(8)3-5-10(12)16/h3-7H,1-2H3. The Morgan fingerprint density at radius 3 is 2.25 bits per heavy atom. The zero-order chi connectivity index (χ0) is 15.1. The van der Waals surface area contributed by atoms with E-state index in [9.17, 15) is 13.2 Å². The van der Waals surface area contributed by atoms with Gasteiger partial charge in [-0.15, -0.1) is 0 Å². The van der Waals surface area contributed by atoms with Gasteiger partial charge in [0, 0.05) is 9.85 Å². The van der Waals surface area contributed by atoms with E-state index < -0.39 is 11.7 Å². The Hall–Kier alpha value is -0.940. The third kappa shape index (κ3) is 2.61. The van der Waals surface area contributed by atoms with E-state index in [1.807, 2.05) is 6.92 Å². The summed E-state index contributed by atoms with van der Waals surface area (Å²) < 4.78 is 44.7. The number of hydrogen-bond donors (Lipinski definition) is 0. The monoisotopic (exact) mass is 366 g/mol. The second-order valence-corrected chi connectivity index (χ2v) is 6.09. The molecule has 2 aromatic carbocycles. The fraction of sp³-hybridized carbons (Fsp3) is 0.286. The fourth-order valence-electron chi connectivity index (χ4n) is 2.25. The van der Waals surface area contributed by atoms with Crippen LogP contribution in [0.5, 0.6) is 5.75 Å². The molecule has 0 radical (unpaired) electrons. The quantitative estimate of drug-likeness (QED) is 0.594. The van der Waals surface area contributed by atoms with E-state index >= 15 is 0 Å². The van der Waals surface area contributed by atoms with Crippen molar-refractivity contribution in [1.29, 1.82) is 0 Å². The average molecular weight is 368 g/mol. The molecule has 0 aromatic heterocycles. The van der Waals surface area contributed by atoms with Gasteiger partial charge in [-0.1, -0.05) is 39.7 Å². The molecule has 0 fully saturated rings. The van der Waals surface area contributed by atoms with E-state index in [0.717, 1.165) is 0 Å². The van der Waals surface area contributed by atoms with E-state index in [2.05, 4.69) is 15.9 Å². The summed E-state index contributed by atoms with van der Waals surface area (Å²) in [4.78, 5) is -0.159. The lowest BCUT2D eigenvalue weighted by Crippen LogP contribution is -2.09. The molecule has 0 saturated carbocycles. The summed E-state index contributed by atoms with van der Waals surface area (Å²) in [7, 11) is 1.22. The van der Waals surface area contributed by atoms with Crippen molar-refractivity contribution < 1.29 is 17.9 Å². The molecule has 6 heteroatoms. The Labute approximate surface area is 127 Å². The molecule has 0 aliphatic rings. The summed E-state index contributed by atoms with van der Waals surface area (Å²) in [5, 5.41) is 0.984. The van der Waals surface area contributed by atoms with Crippen molar-refractivity contribution in [3.63, 3.8) is 0 Å². The van der Waals surface area contributed by atoms with Crippen molar-refractivity contribution >= 4 is 38.3 Å². The lowest BCUT2D eigenvalue weighted by Gasteiger charge is -2.18. The maximum atomic E-state index is 13.3. The minimum absolute atomic E-state index is 0.0857. The summed E-state index contributed by atoms with van der Waals surface area (Å²) in [6.45, 7) is 1.82. The molecule has 0 saturated heterocycles. The lowest BCUT2D eigenvalue weighted by molar-refractivity contribution is -0.137. The van der Waals surface area contributed by atoms with Crippen LogP contribution < -0.4 is 4.74 Å². The van der Waals surface area contributed by atoms with Crippen LogP contribution in [0.15, 0.2) is 24.3 Å². The van der Waals surface area contributed by atoms with Gasteiger partial charge >= 0.3 is 6.18 Å². The van der Waals surface area contributed by atoms with Gasteiger partial charge in [-0.25, -0.2) is 0 Å². The molecule has 2 rings (SSSR count). The van der Waals surface area contributed by atoms with Crippen LogP contribution in [0, 0.1) is 0 Å². The molecule has 1 atom stereocenters. The van der Waals surface area contributed by atoms with Crippen LogP contribution >= 0.6 is 27.5 Å². The maximum Gasteiger partial charge on any atom is 0.420 e. The van der Waals surface area contributed by atoms with Gasteiger partial charge in [-0.2, -0.15) is 13.2 Å². The highest BCUT2D eigenvalue weighted by molar-refractivity contribution is 9.09. The van der Waals surface area contributed by atoms with Crippen molar-refractivity contribution in [1.82, 2.24) is 0 Å². The third-order valence-electron chi connectivity index (χ3n) is 3.05. The zero-order valence-corrected chi connectivity index (χ0v) is 13.0. The number of ether oxygens (including phenoxy) is 1. The van der Waals surface area contributed by atoms with Crippen LogP contribution in [0.25, 0.3) is 10.8 Å². The van der Waals surface area contributed by atoms with E-state index in [1.54, 1.807) is 6.07 Å². The predicted octanol–water partition coefficient (Wildman–Crippen LogP) is 5.98. The van der Waals surface area contributed by atoms with Crippen LogP contribution in [0.3, 0.4) is 0 Å². The molecule has 0 N–H and O–H groups in total. The molecule has 1 unspecified atom stereocenters. The Bertz CT molecular complexity index is 653. The molecule has 1 nitrogen and oxygen atoms in total. The van der Waals surface area contributed by atoms with Crippen LogP contribution in [0.4, 0.5) is 13.2 Å². The number of halogens is 5. The first-order valence-corrected chi connectivity index (χ1v) is 7.07. The largest absolute Gasteiger partial charge is 0.496 e. The molecule has 0 aliphatic heterocycles. The highest BCUT2D eigenvalue weighted by Gasteiger charge is 2.36. The van der Waals surface area contributed by atoms with Crippen molar-refractivity contribution in [3.8, 4) is 5.75 Å². The second-order valence-electron chi connectivity index (χ2n) is 4.31. The molecule has 0 amide bonds. The van der Waals surface area contributed by atoms with Gasteiger partial charge in [0.15, 0.2) is 0 Å². The van der Waals surface area contributed by atoms with E-state index in [-0.39, 0.29) is 16.0 Å². The van der Waals surface area contributed by atoms with E-state index in [1.165, 1.54) is 25.3 Å². The average Bonchev–Trinajstić information content (AvgIpc) is 2.35. The van der Waals surface area contributed by atoms with Gasteiger partial charge in [-0.05, 0) is 35.4 Å². The summed E-state index contributed by atoms with van der Waals surface area (Å²) in [5.74, 6) is -0.194. The fourth-order valence-corrected chi connectivity index (χ4v) is 3.20. The molecule has 2 aromatic rings. The first-order valence-electron chi connectivity index (χ1n) is 5.77. The molecular formula is C14H11BrClF3O. The van der Waals surface area contributed by atoms with Crippen LogP contribution in [-0.2, 0) is 6.18 Å². The van der Waals surface area contributed by atoms with Crippen molar-refractivity contribution in [2.24, 2.45) is 0 Å². The maximum absolute atomic E-state index is 13.3. The highest BCUT2D eigenvalue weighted by Crippen LogP contribution is 2.44. The van der Waals surface area contributed by atoms with Gasteiger partial charge in [0.1, 0.15) is 11.3 Å². The lowest BCUT2D eigenvalue weighted by atomic mass is 9.97. The van der Waals surface area contributed by atoms with Crippen LogP contribution in [0.2, 0.25) is 5.02 Å². The number of methoxy groups -OCH3 is 1. The topological polar surface area (TPSA) is 9.23 Å². The third-order valence-corrected chi connectivity index (χ3v) is 3.84. The minimum Gasteiger partial charge on any atom is -0.496 e. The normalized spacial score (nSPS) is 13.6. The first-order chi connectivity index (χ1) is 9.27. The summed E-state index contributed by atoms with van der Waals surface area (Å²) in [6, 6.07) is 5.77. The molecule has 108 valence electrons. The number of alkyl halides is 4. The van der Waals surface area contributed by atoms with Gasteiger partial charge in [0.25, 0.3) is 0 Å². The zero-order valence-electron chi connectivity index (χ0n) is 10.7. The van der Waals surface area contributed by atoms with Crippen molar-refractivity contribution in [2.45, 2.75) is 17.9 Å². The van der Waals surface area contributed by atoms with E-state index in [0.29, 0.717) is 16.0 Å². The molecule has 0 aliphatic carbocycles. The SMILES string of the molecule is COc1ccc2c(C(C)Br)c(Cl)ccc2c1C(F)(F)F. The molecule has 0 heterocycles. The Morgan fingerprint density at radius 2 is 1.75 bits per heavy atom. The molecule has 0 spiro atoms. The van der Waals surface area contributed by atoms with Crippen LogP contribution in [0.1, 0.15) is 22.9 Å². The number of hydrogen-bond acceptors (Lipinski definition) is 1. The number of fused-ring (bicyclic) bond motifs is 1. The smallest absolute Gasteiger partial charge is 0.420 e. The van der Waals surface area contributed by atoms with E-state index in [4.69, 9.17) is 16.3 Å². The van der Waals surface area contributed by atoms with Gasteiger partial charge in [0.05, 0.1) is 7.11 Å². The number of rotatable bonds is 2. The van der Waals surface area contributed by atoms with Gasteiger partial charge < -0.3 is 4.74 Å². The highest BCUT2D eigenvalue weighted by atomic mass is 79.9. The van der Waals surface area contributed by atoms with Gasteiger partial charge in [0.2, 0.25) is 0 Å². The minimum atomic E-state index is -4.49.